The minimum absolute atomic E-state index is 0.690. The Labute approximate surface area is 276 Å². The summed E-state index contributed by atoms with van der Waals surface area (Å²) in [6.45, 7) is 0. The van der Waals surface area contributed by atoms with Gasteiger partial charge in [0.15, 0.2) is 12.8 Å². The minimum atomic E-state index is 0.690. The summed E-state index contributed by atoms with van der Waals surface area (Å²) in [7, 11) is 0. The van der Waals surface area contributed by atoms with Gasteiger partial charge in [0, 0.05) is 11.1 Å². The van der Waals surface area contributed by atoms with E-state index in [1.807, 2.05) is 30.3 Å². The van der Waals surface area contributed by atoms with Crippen molar-refractivity contribution in [2.75, 3.05) is 0 Å². The number of oxazole rings is 2. The third-order valence-corrected chi connectivity index (χ3v) is 8.75. The van der Waals surface area contributed by atoms with Gasteiger partial charge in [0.1, 0.15) is 23.9 Å². The molecule has 0 spiro atoms. The third kappa shape index (κ3) is 4.84. The number of benzene rings is 5. The highest BCUT2D eigenvalue weighted by atomic mass is 16.3. The van der Waals surface area contributed by atoms with Crippen LogP contribution in [-0.4, -0.2) is 19.9 Å². The van der Waals surface area contributed by atoms with Gasteiger partial charge in [-0.05, 0) is 74.1 Å². The second-order valence-corrected chi connectivity index (χ2v) is 11.6. The van der Waals surface area contributed by atoms with Gasteiger partial charge in [-0.15, -0.1) is 0 Å². The molecule has 4 aromatic heterocycles. The van der Waals surface area contributed by atoms with E-state index in [0.29, 0.717) is 11.4 Å². The van der Waals surface area contributed by atoms with Crippen molar-refractivity contribution in [3.63, 3.8) is 0 Å². The third-order valence-electron chi connectivity index (χ3n) is 8.75. The quantitative estimate of drug-likeness (QED) is 0.173. The Morgan fingerprint density at radius 3 is 1.35 bits per heavy atom. The Morgan fingerprint density at radius 1 is 0.333 bits per heavy atom. The molecule has 0 aliphatic heterocycles. The van der Waals surface area contributed by atoms with Crippen LogP contribution in [0.1, 0.15) is 0 Å². The number of hydrogen-bond donors (Lipinski definition) is 0. The van der Waals surface area contributed by atoms with Gasteiger partial charge < -0.3 is 8.83 Å². The smallest absolute Gasteiger partial charge is 0.181 e. The molecule has 5 aromatic carbocycles. The lowest BCUT2D eigenvalue weighted by atomic mass is 9.87. The first-order chi connectivity index (χ1) is 23.8. The molecule has 0 saturated heterocycles. The molecule has 226 valence electrons. The number of aromatic nitrogens is 4. The van der Waals surface area contributed by atoms with Crippen LogP contribution in [0.5, 0.6) is 0 Å². The van der Waals surface area contributed by atoms with E-state index in [4.69, 9.17) is 18.8 Å². The van der Waals surface area contributed by atoms with Gasteiger partial charge in [-0.3, -0.25) is 0 Å². The summed E-state index contributed by atoms with van der Waals surface area (Å²) in [4.78, 5) is 18.9. The molecule has 0 aliphatic rings. The van der Waals surface area contributed by atoms with Crippen molar-refractivity contribution in [2.24, 2.45) is 0 Å². The van der Waals surface area contributed by atoms with E-state index in [1.54, 1.807) is 12.5 Å². The van der Waals surface area contributed by atoms with Crippen molar-refractivity contribution in [3.05, 3.63) is 159 Å². The predicted molar refractivity (Wildman–Crippen MR) is 190 cm³/mol. The molecule has 0 unspecified atom stereocenters. The lowest BCUT2D eigenvalue weighted by molar-refractivity contribution is 0.558. The van der Waals surface area contributed by atoms with Gasteiger partial charge in [0.25, 0.3) is 0 Å². The van der Waals surface area contributed by atoms with Gasteiger partial charge >= 0.3 is 0 Å². The minimum Gasteiger partial charge on any atom is -0.451 e. The lowest BCUT2D eigenvalue weighted by Crippen LogP contribution is -1.96. The van der Waals surface area contributed by atoms with Crippen LogP contribution >= 0.6 is 0 Å². The monoisotopic (exact) mass is 618 g/mol. The fourth-order valence-corrected chi connectivity index (χ4v) is 6.51. The van der Waals surface area contributed by atoms with E-state index in [-0.39, 0.29) is 0 Å². The average molecular weight is 619 g/mol. The van der Waals surface area contributed by atoms with Gasteiger partial charge in [-0.1, -0.05) is 103 Å². The number of pyridine rings is 2. The summed E-state index contributed by atoms with van der Waals surface area (Å²) < 4.78 is 10.6. The van der Waals surface area contributed by atoms with Gasteiger partial charge in [-0.2, -0.15) is 0 Å². The van der Waals surface area contributed by atoms with Gasteiger partial charge in [-0.25, -0.2) is 19.9 Å². The molecule has 0 atom stereocenters. The molecule has 6 heteroatoms. The van der Waals surface area contributed by atoms with E-state index in [0.717, 1.165) is 66.6 Å². The second-order valence-electron chi connectivity index (χ2n) is 11.6. The average Bonchev–Trinajstić information content (AvgIpc) is 3.90. The molecule has 0 saturated carbocycles. The van der Waals surface area contributed by atoms with Crippen LogP contribution < -0.4 is 0 Å². The van der Waals surface area contributed by atoms with Crippen LogP contribution in [0.3, 0.4) is 0 Å². The van der Waals surface area contributed by atoms with Crippen LogP contribution in [0, 0.1) is 0 Å². The molecule has 0 aliphatic carbocycles. The van der Waals surface area contributed by atoms with Crippen LogP contribution in [0.2, 0.25) is 0 Å². The number of nitrogens with zero attached hydrogens (tertiary/aromatic N) is 4. The summed E-state index contributed by atoms with van der Waals surface area (Å²) >= 11 is 0. The van der Waals surface area contributed by atoms with Crippen molar-refractivity contribution in [3.8, 4) is 67.5 Å². The lowest BCUT2D eigenvalue weighted by Gasteiger charge is -2.18. The number of rotatable bonds is 6. The summed E-state index contributed by atoms with van der Waals surface area (Å²) in [6, 6.07) is 46.5. The molecule has 6 nitrogen and oxygen atoms in total. The fourth-order valence-electron chi connectivity index (χ4n) is 6.51. The van der Waals surface area contributed by atoms with Crippen LogP contribution in [0.4, 0.5) is 0 Å². The highest BCUT2D eigenvalue weighted by Gasteiger charge is 2.20. The Morgan fingerprint density at radius 2 is 0.792 bits per heavy atom. The first kappa shape index (κ1) is 27.6. The molecular weight excluding hydrogens is 592 g/mol. The highest BCUT2D eigenvalue weighted by Crippen LogP contribution is 2.44. The maximum atomic E-state index is 5.29. The maximum Gasteiger partial charge on any atom is 0.181 e. The van der Waals surface area contributed by atoms with E-state index >= 15 is 0 Å². The first-order valence-electron chi connectivity index (χ1n) is 15.7. The molecule has 4 heterocycles. The molecule has 0 radical (unpaired) electrons. The summed E-state index contributed by atoms with van der Waals surface area (Å²) in [5, 5.41) is 4.31. The molecule has 0 bridgehead atoms. The second kappa shape index (κ2) is 11.6. The van der Waals surface area contributed by atoms with Crippen LogP contribution in [-0.2, 0) is 0 Å². The number of hydrogen-bond acceptors (Lipinski definition) is 6. The summed E-state index contributed by atoms with van der Waals surface area (Å²) in [5.74, 6) is 0. The zero-order chi connectivity index (χ0) is 31.9. The Balaban J connectivity index is 1.30. The fraction of sp³-hybridized carbons (Fsp3) is 0. The van der Waals surface area contributed by atoms with E-state index in [9.17, 15) is 0 Å². The van der Waals surface area contributed by atoms with Gasteiger partial charge in [0.05, 0.1) is 22.8 Å². The SMILES string of the molecule is c1ccc(-c2ccc(-c3ccc4c(-c5cccc(-c6cocn6)n5)c5ccccc5c(-c5cccc(-c6cocn6)n5)c4c3)cc2)cc1. The molecule has 9 aromatic rings. The van der Waals surface area contributed by atoms with Crippen molar-refractivity contribution in [2.45, 2.75) is 0 Å². The highest BCUT2D eigenvalue weighted by molar-refractivity contribution is 6.21. The molecule has 9 rings (SSSR count). The van der Waals surface area contributed by atoms with E-state index < -0.39 is 0 Å². The Hall–Kier alpha value is -6.66. The van der Waals surface area contributed by atoms with Crippen molar-refractivity contribution >= 4 is 21.5 Å². The molecular formula is C42H26N4O2. The number of fused-ring (bicyclic) bond motifs is 2. The maximum absolute atomic E-state index is 5.29. The van der Waals surface area contributed by atoms with E-state index in [1.165, 1.54) is 23.9 Å². The van der Waals surface area contributed by atoms with Crippen LogP contribution in [0.15, 0.2) is 168 Å². The van der Waals surface area contributed by atoms with Crippen molar-refractivity contribution in [1.29, 1.82) is 0 Å². The first-order valence-corrected chi connectivity index (χ1v) is 15.7. The normalized spacial score (nSPS) is 11.3. The summed E-state index contributed by atoms with van der Waals surface area (Å²) in [6.07, 6.45) is 6.10. The van der Waals surface area contributed by atoms with Crippen molar-refractivity contribution in [1.82, 2.24) is 19.9 Å². The predicted octanol–water partition coefficient (Wildman–Crippen LogP) is 10.8. The Bertz CT molecular complexity index is 2540. The molecule has 0 N–H and O–H groups in total. The zero-order valence-corrected chi connectivity index (χ0v) is 25.6. The molecule has 0 fully saturated rings. The van der Waals surface area contributed by atoms with Crippen LogP contribution in [0.25, 0.3) is 89.1 Å². The van der Waals surface area contributed by atoms with E-state index in [2.05, 4.69) is 113 Å². The molecule has 0 amide bonds. The van der Waals surface area contributed by atoms with Gasteiger partial charge in [0.2, 0.25) is 0 Å². The summed E-state index contributed by atoms with van der Waals surface area (Å²) in [5.41, 5.74) is 11.3. The Kier molecular flexibility index (Phi) is 6.68. The topological polar surface area (TPSA) is 77.8 Å². The molecule has 48 heavy (non-hydrogen) atoms. The largest absolute Gasteiger partial charge is 0.451 e. The van der Waals surface area contributed by atoms with Crippen molar-refractivity contribution < 1.29 is 8.83 Å². The zero-order valence-electron chi connectivity index (χ0n) is 25.6. The standard InChI is InChI=1S/C42H26N4O2/c1-2-8-27(9-3-1)28-16-18-29(19-17-28)30-20-21-33-34(22-30)42(38-15-7-13-36(46-38)40-24-48-26-44-40)32-11-5-4-10-31(32)41(33)37-14-6-12-35(45-37)39-23-47-25-43-39/h1-26H.